The van der Waals surface area contributed by atoms with Gasteiger partial charge in [0.05, 0.1) is 0 Å². The highest BCUT2D eigenvalue weighted by Gasteiger charge is 2.31. The van der Waals surface area contributed by atoms with Crippen molar-refractivity contribution in [3.05, 3.63) is 59.0 Å². The fourth-order valence-electron chi connectivity index (χ4n) is 4.69. The summed E-state index contributed by atoms with van der Waals surface area (Å²) in [6, 6.07) is 7.83. The van der Waals surface area contributed by atoms with Crippen LogP contribution in [0.1, 0.15) is 52.8 Å². The van der Waals surface area contributed by atoms with Crippen molar-refractivity contribution in [3.8, 4) is 11.3 Å². The Labute approximate surface area is 186 Å². The quantitative estimate of drug-likeness (QED) is 0.620. The third-order valence-electron chi connectivity index (χ3n) is 6.44. The van der Waals surface area contributed by atoms with Gasteiger partial charge in [0.2, 0.25) is 5.76 Å². The van der Waals surface area contributed by atoms with E-state index < -0.39 is 5.82 Å². The first kappa shape index (κ1) is 20.6. The molecule has 0 radical (unpaired) electrons. The van der Waals surface area contributed by atoms with Crippen molar-refractivity contribution in [2.24, 2.45) is 0 Å². The largest absolute Gasteiger partial charge is 0.359 e. The summed E-state index contributed by atoms with van der Waals surface area (Å²) >= 11 is 0. The number of carbonyl (C=O) groups is 1. The van der Waals surface area contributed by atoms with E-state index in [1.54, 1.807) is 23.1 Å². The summed E-state index contributed by atoms with van der Waals surface area (Å²) in [7, 11) is 2.07. The van der Waals surface area contributed by atoms with E-state index in [-0.39, 0.29) is 17.6 Å². The first-order valence-corrected chi connectivity index (χ1v) is 11.1. The molecule has 1 fully saturated rings. The second kappa shape index (κ2) is 8.33. The summed E-state index contributed by atoms with van der Waals surface area (Å²) < 4.78 is 19.4. The maximum atomic E-state index is 14.1. The predicted molar refractivity (Wildman–Crippen MR) is 118 cm³/mol. The summed E-state index contributed by atoms with van der Waals surface area (Å²) in [5, 5.41) is 3.92. The van der Waals surface area contributed by atoms with Crippen molar-refractivity contribution in [3.63, 3.8) is 0 Å². The lowest BCUT2D eigenvalue weighted by atomic mass is 9.96. The maximum absolute atomic E-state index is 14.1. The maximum Gasteiger partial charge on any atom is 0.292 e. The monoisotopic (exact) mass is 435 g/mol. The Balaban J connectivity index is 1.36. The van der Waals surface area contributed by atoms with E-state index in [0.29, 0.717) is 24.3 Å². The van der Waals surface area contributed by atoms with Crippen LogP contribution in [0, 0.1) is 12.7 Å². The number of anilines is 1. The molecule has 5 rings (SSSR count). The zero-order chi connectivity index (χ0) is 22.2. The van der Waals surface area contributed by atoms with Gasteiger partial charge in [-0.1, -0.05) is 17.3 Å². The molecule has 2 aliphatic rings. The molecule has 4 heterocycles. The van der Waals surface area contributed by atoms with Crippen LogP contribution in [-0.4, -0.2) is 52.6 Å². The van der Waals surface area contributed by atoms with E-state index >= 15 is 0 Å². The molecule has 0 N–H and O–H groups in total. The molecule has 8 heteroatoms. The summed E-state index contributed by atoms with van der Waals surface area (Å²) in [6.45, 7) is 4.20. The number of piperidine rings is 1. The molecule has 3 aromatic rings. The third-order valence-corrected chi connectivity index (χ3v) is 6.44. The van der Waals surface area contributed by atoms with Gasteiger partial charge < -0.3 is 14.3 Å². The summed E-state index contributed by atoms with van der Waals surface area (Å²) in [6.07, 6.45) is 3.92. The number of carbonyl (C=O) groups excluding carboxylic acids is 1. The van der Waals surface area contributed by atoms with E-state index in [9.17, 15) is 9.18 Å². The molecule has 2 aromatic heterocycles. The van der Waals surface area contributed by atoms with Crippen molar-refractivity contribution in [1.29, 1.82) is 0 Å². The Morgan fingerprint density at radius 2 is 2.03 bits per heavy atom. The first-order valence-electron chi connectivity index (χ1n) is 11.1. The van der Waals surface area contributed by atoms with Gasteiger partial charge in [-0.3, -0.25) is 4.79 Å². The van der Waals surface area contributed by atoms with Crippen LogP contribution in [0.5, 0.6) is 0 Å². The lowest BCUT2D eigenvalue weighted by Crippen LogP contribution is -2.39. The van der Waals surface area contributed by atoms with Gasteiger partial charge >= 0.3 is 0 Å². The van der Waals surface area contributed by atoms with Crippen molar-refractivity contribution >= 4 is 11.7 Å². The SMILES string of the molecule is Cc1nc([C@@H]2CCCN(C(=O)c3cc(-c4ccccc4F)no3)C2)nc2c1CCCN2C. The van der Waals surface area contributed by atoms with Crippen LogP contribution >= 0.6 is 0 Å². The molecule has 1 aromatic carbocycles. The van der Waals surface area contributed by atoms with Crippen molar-refractivity contribution in [2.75, 3.05) is 31.6 Å². The minimum atomic E-state index is -0.400. The van der Waals surface area contributed by atoms with E-state index in [4.69, 9.17) is 14.5 Å². The molecule has 2 aliphatic heterocycles. The van der Waals surface area contributed by atoms with Crippen LogP contribution in [0.2, 0.25) is 0 Å². The highest BCUT2D eigenvalue weighted by atomic mass is 19.1. The smallest absolute Gasteiger partial charge is 0.292 e. The molecule has 166 valence electrons. The van der Waals surface area contributed by atoms with Crippen LogP contribution in [0.3, 0.4) is 0 Å². The lowest BCUT2D eigenvalue weighted by molar-refractivity contribution is 0.0662. The summed E-state index contributed by atoms with van der Waals surface area (Å²) in [4.78, 5) is 26.8. The summed E-state index contributed by atoms with van der Waals surface area (Å²) in [5.74, 6) is 1.37. The number of likely N-dealkylation sites (tertiary alicyclic amines) is 1. The minimum Gasteiger partial charge on any atom is -0.359 e. The van der Waals surface area contributed by atoms with E-state index in [1.165, 1.54) is 17.7 Å². The predicted octanol–water partition coefficient (Wildman–Crippen LogP) is 3.98. The molecular formula is C24H26FN5O2. The van der Waals surface area contributed by atoms with Crippen LogP contribution in [0.15, 0.2) is 34.9 Å². The first-order chi connectivity index (χ1) is 15.5. The Morgan fingerprint density at radius 1 is 1.19 bits per heavy atom. The highest BCUT2D eigenvalue weighted by molar-refractivity contribution is 5.92. The molecule has 0 unspecified atom stereocenters. The molecule has 1 saturated heterocycles. The Morgan fingerprint density at radius 3 is 2.88 bits per heavy atom. The lowest BCUT2D eigenvalue weighted by Gasteiger charge is -2.33. The molecule has 0 spiro atoms. The van der Waals surface area contributed by atoms with Gasteiger partial charge in [0.15, 0.2) is 0 Å². The second-order valence-electron chi connectivity index (χ2n) is 8.64. The van der Waals surface area contributed by atoms with E-state index in [0.717, 1.165) is 49.6 Å². The molecule has 0 aliphatic carbocycles. The molecule has 7 nitrogen and oxygen atoms in total. The average Bonchev–Trinajstić information content (AvgIpc) is 3.29. The van der Waals surface area contributed by atoms with Crippen molar-refractivity contribution in [2.45, 2.75) is 38.5 Å². The number of hydrogen-bond donors (Lipinski definition) is 0. The number of rotatable bonds is 3. The van der Waals surface area contributed by atoms with Gasteiger partial charge in [0.25, 0.3) is 5.91 Å². The minimum absolute atomic E-state index is 0.0704. The third kappa shape index (κ3) is 3.74. The van der Waals surface area contributed by atoms with Crippen molar-refractivity contribution < 1.29 is 13.7 Å². The molecule has 32 heavy (non-hydrogen) atoms. The van der Waals surface area contributed by atoms with Gasteiger partial charge in [0, 0.05) is 55.5 Å². The van der Waals surface area contributed by atoms with Gasteiger partial charge in [-0.25, -0.2) is 14.4 Å². The van der Waals surface area contributed by atoms with Gasteiger partial charge in [-0.15, -0.1) is 0 Å². The number of hydrogen-bond acceptors (Lipinski definition) is 6. The van der Waals surface area contributed by atoms with E-state index in [1.807, 2.05) is 6.92 Å². The molecule has 1 atom stereocenters. The standard InChI is InChI=1S/C24H26FN5O2/c1-15-17-9-6-11-29(2)23(17)27-22(26-15)16-7-5-12-30(14-16)24(31)21-13-20(28-32-21)18-8-3-4-10-19(18)25/h3-4,8,10,13,16H,5-7,9,11-12,14H2,1-2H3/t16-/m1/s1. The number of aromatic nitrogens is 3. The Bertz CT molecular complexity index is 1160. The fraction of sp³-hybridized carbons (Fsp3) is 0.417. The zero-order valence-corrected chi connectivity index (χ0v) is 18.3. The second-order valence-corrected chi connectivity index (χ2v) is 8.64. The number of amides is 1. The number of fused-ring (bicyclic) bond motifs is 1. The molecular weight excluding hydrogens is 409 g/mol. The van der Waals surface area contributed by atoms with E-state index in [2.05, 4.69) is 17.1 Å². The molecule has 0 bridgehead atoms. The topological polar surface area (TPSA) is 75.4 Å². The van der Waals surface area contributed by atoms with Crippen molar-refractivity contribution in [1.82, 2.24) is 20.0 Å². The normalized spacial score (nSPS) is 18.5. The number of aryl methyl sites for hydroxylation is 1. The number of nitrogens with zero attached hydrogens (tertiary/aromatic N) is 5. The fourth-order valence-corrected chi connectivity index (χ4v) is 4.69. The van der Waals surface area contributed by atoms with Gasteiger partial charge in [-0.05, 0) is 44.7 Å². The van der Waals surface area contributed by atoms with Crippen LogP contribution in [0.4, 0.5) is 10.2 Å². The summed E-state index contributed by atoms with van der Waals surface area (Å²) in [5.41, 5.74) is 2.89. The van der Waals surface area contributed by atoms with Crippen LogP contribution in [-0.2, 0) is 6.42 Å². The zero-order valence-electron chi connectivity index (χ0n) is 18.3. The molecule has 0 saturated carbocycles. The average molecular weight is 436 g/mol. The number of halogens is 1. The highest BCUT2D eigenvalue weighted by Crippen LogP contribution is 2.31. The number of benzene rings is 1. The van der Waals surface area contributed by atoms with Crippen LogP contribution in [0.25, 0.3) is 11.3 Å². The van der Waals surface area contributed by atoms with Gasteiger partial charge in [0.1, 0.15) is 23.2 Å². The van der Waals surface area contributed by atoms with Crippen LogP contribution < -0.4 is 4.90 Å². The Hall–Kier alpha value is -3.29. The van der Waals surface area contributed by atoms with Gasteiger partial charge in [-0.2, -0.15) is 0 Å². The molecule has 1 amide bonds. The Kier molecular flexibility index (Phi) is 5.36.